The van der Waals surface area contributed by atoms with Gasteiger partial charge in [-0.25, -0.2) is 0 Å². The summed E-state index contributed by atoms with van der Waals surface area (Å²) < 4.78 is 5.80. The first-order valence-electron chi connectivity index (χ1n) is 10.6. The first-order valence-corrected chi connectivity index (χ1v) is 10.6. The molecule has 23 heavy (non-hydrogen) atoms. The molecular formula is C21H44O2. The van der Waals surface area contributed by atoms with E-state index < -0.39 is 0 Å². The van der Waals surface area contributed by atoms with E-state index in [1.54, 1.807) is 0 Å². The standard InChI is InChI=1S/C21H44O2/c1-3-5-7-9-10-11-12-13-14-16-18-21(23-20-19-22)17-15-8-6-4-2/h21-22H,3-20H2,1-2H3. The Morgan fingerprint density at radius 3 is 1.43 bits per heavy atom. The smallest absolute Gasteiger partial charge is 0.0701 e. The maximum absolute atomic E-state index is 8.95. The Labute approximate surface area is 146 Å². The van der Waals surface area contributed by atoms with Crippen LogP contribution in [0.3, 0.4) is 0 Å². The Bertz CT molecular complexity index is 206. The van der Waals surface area contributed by atoms with Gasteiger partial charge in [0.25, 0.3) is 0 Å². The third-order valence-electron chi connectivity index (χ3n) is 4.70. The van der Waals surface area contributed by atoms with Crippen molar-refractivity contribution in [2.24, 2.45) is 0 Å². The van der Waals surface area contributed by atoms with Crippen molar-refractivity contribution in [2.75, 3.05) is 13.2 Å². The van der Waals surface area contributed by atoms with Crippen LogP contribution in [-0.4, -0.2) is 24.4 Å². The maximum atomic E-state index is 8.95. The summed E-state index contributed by atoms with van der Waals surface area (Å²) >= 11 is 0. The molecule has 0 radical (unpaired) electrons. The van der Waals surface area contributed by atoms with Gasteiger partial charge in [0.2, 0.25) is 0 Å². The molecule has 2 heteroatoms. The van der Waals surface area contributed by atoms with Crippen molar-refractivity contribution in [3.05, 3.63) is 0 Å². The Morgan fingerprint density at radius 1 is 0.609 bits per heavy atom. The molecule has 0 aliphatic carbocycles. The third kappa shape index (κ3) is 18.1. The van der Waals surface area contributed by atoms with E-state index in [4.69, 9.17) is 9.84 Å². The lowest BCUT2D eigenvalue weighted by atomic mass is 10.0. The largest absolute Gasteiger partial charge is 0.394 e. The van der Waals surface area contributed by atoms with Gasteiger partial charge in [0.15, 0.2) is 0 Å². The summed E-state index contributed by atoms with van der Waals surface area (Å²) in [5.74, 6) is 0. The van der Waals surface area contributed by atoms with Gasteiger partial charge in [0.05, 0.1) is 19.3 Å². The molecule has 0 amide bonds. The zero-order valence-electron chi connectivity index (χ0n) is 16.2. The van der Waals surface area contributed by atoms with Crippen molar-refractivity contribution in [1.29, 1.82) is 0 Å². The van der Waals surface area contributed by atoms with E-state index in [1.807, 2.05) is 0 Å². The lowest BCUT2D eigenvalue weighted by molar-refractivity contribution is 0.0167. The summed E-state index contributed by atoms with van der Waals surface area (Å²) in [7, 11) is 0. The number of hydrogen-bond donors (Lipinski definition) is 1. The van der Waals surface area contributed by atoms with Gasteiger partial charge in [0.1, 0.15) is 0 Å². The van der Waals surface area contributed by atoms with Crippen LogP contribution in [0.5, 0.6) is 0 Å². The second kappa shape index (κ2) is 20.0. The Hall–Kier alpha value is -0.0800. The molecule has 0 rings (SSSR count). The minimum Gasteiger partial charge on any atom is -0.394 e. The Balaban J connectivity index is 3.46. The lowest BCUT2D eigenvalue weighted by Gasteiger charge is -2.17. The van der Waals surface area contributed by atoms with Gasteiger partial charge in [-0.1, -0.05) is 104 Å². The van der Waals surface area contributed by atoms with E-state index in [9.17, 15) is 0 Å². The summed E-state index contributed by atoms with van der Waals surface area (Å²) in [5, 5.41) is 8.95. The molecule has 0 fully saturated rings. The first kappa shape index (κ1) is 22.9. The first-order chi connectivity index (χ1) is 11.3. The van der Waals surface area contributed by atoms with E-state index in [0.29, 0.717) is 12.7 Å². The van der Waals surface area contributed by atoms with E-state index in [2.05, 4.69) is 13.8 Å². The SMILES string of the molecule is CCCCCCCCCCCCC(CCCCCC)OCCO. The van der Waals surface area contributed by atoms with Crippen LogP contribution in [0.15, 0.2) is 0 Å². The number of aliphatic hydroxyl groups excluding tert-OH is 1. The molecule has 0 saturated heterocycles. The van der Waals surface area contributed by atoms with Crippen LogP contribution in [-0.2, 0) is 4.74 Å². The van der Waals surface area contributed by atoms with Crippen LogP contribution >= 0.6 is 0 Å². The van der Waals surface area contributed by atoms with Crippen molar-refractivity contribution in [3.8, 4) is 0 Å². The molecule has 0 aromatic rings. The van der Waals surface area contributed by atoms with Crippen LogP contribution in [0.1, 0.15) is 117 Å². The highest BCUT2D eigenvalue weighted by molar-refractivity contribution is 4.60. The summed E-state index contributed by atoms with van der Waals surface area (Å²) in [6, 6.07) is 0. The second-order valence-electron chi connectivity index (χ2n) is 7.04. The molecular weight excluding hydrogens is 284 g/mol. The molecule has 0 saturated carbocycles. The summed E-state index contributed by atoms with van der Waals surface area (Å²) in [6.07, 6.45) is 21.9. The van der Waals surface area contributed by atoms with E-state index in [-0.39, 0.29) is 6.61 Å². The molecule has 0 bridgehead atoms. The molecule has 0 aromatic carbocycles. The Kier molecular flexibility index (Phi) is 19.9. The van der Waals surface area contributed by atoms with Gasteiger partial charge < -0.3 is 9.84 Å². The summed E-state index contributed by atoms with van der Waals surface area (Å²) in [4.78, 5) is 0. The molecule has 0 spiro atoms. The molecule has 0 heterocycles. The zero-order chi connectivity index (χ0) is 17.0. The monoisotopic (exact) mass is 328 g/mol. The van der Waals surface area contributed by atoms with Crippen molar-refractivity contribution >= 4 is 0 Å². The molecule has 2 nitrogen and oxygen atoms in total. The minimum atomic E-state index is 0.156. The highest BCUT2D eigenvalue weighted by atomic mass is 16.5. The molecule has 0 aromatic heterocycles. The van der Waals surface area contributed by atoms with Gasteiger partial charge in [-0.2, -0.15) is 0 Å². The van der Waals surface area contributed by atoms with Gasteiger partial charge in [-0.15, -0.1) is 0 Å². The van der Waals surface area contributed by atoms with Crippen molar-refractivity contribution in [3.63, 3.8) is 0 Å². The van der Waals surface area contributed by atoms with Gasteiger partial charge in [-0.3, -0.25) is 0 Å². The van der Waals surface area contributed by atoms with Crippen LogP contribution < -0.4 is 0 Å². The van der Waals surface area contributed by atoms with Crippen LogP contribution in [0.2, 0.25) is 0 Å². The summed E-state index contributed by atoms with van der Waals surface area (Å²) in [5.41, 5.74) is 0. The van der Waals surface area contributed by atoms with Crippen LogP contribution in [0, 0.1) is 0 Å². The normalized spacial score (nSPS) is 12.7. The molecule has 1 unspecified atom stereocenters. The fourth-order valence-electron chi connectivity index (χ4n) is 3.19. The number of unbranched alkanes of at least 4 members (excludes halogenated alkanes) is 12. The second-order valence-corrected chi connectivity index (χ2v) is 7.04. The van der Waals surface area contributed by atoms with Gasteiger partial charge in [-0.05, 0) is 12.8 Å². The predicted molar refractivity (Wildman–Crippen MR) is 102 cm³/mol. The van der Waals surface area contributed by atoms with Crippen molar-refractivity contribution < 1.29 is 9.84 Å². The molecule has 1 N–H and O–H groups in total. The Morgan fingerprint density at radius 2 is 1.00 bits per heavy atom. The topological polar surface area (TPSA) is 29.5 Å². The molecule has 0 aliphatic rings. The van der Waals surface area contributed by atoms with Crippen LogP contribution in [0.25, 0.3) is 0 Å². The van der Waals surface area contributed by atoms with Crippen LogP contribution in [0.4, 0.5) is 0 Å². The quantitative estimate of drug-likeness (QED) is 0.269. The van der Waals surface area contributed by atoms with Crippen molar-refractivity contribution in [2.45, 2.75) is 123 Å². The third-order valence-corrected chi connectivity index (χ3v) is 4.70. The van der Waals surface area contributed by atoms with Gasteiger partial charge in [0, 0.05) is 0 Å². The average molecular weight is 329 g/mol. The minimum absolute atomic E-state index is 0.156. The molecule has 140 valence electrons. The molecule has 1 atom stereocenters. The zero-order valence-corrected chi connectivity index (χ0v) is 16.2. The average Bonchev–Trinajstić information content (AvgIpc) is 2.57. The van der Waals surface area contributed by atoms with Gasteiger partial charge >= 0.3 is 0 Å². The van der Waals surface area contributed by atoms with E-state index in [0.717, 1.165) is 0 Å². The predicted octanol–water partition coefficient (Wildman–Crippen LogP) is 6.65. The van der Waals surface area contributed by atoms with E-state index in [1.165, 1.54) is 103 Å². The fraction of sp³-hybridized carbons (Fsp3) is 1.00. The highest BCUT2D eigenvalue weighted by Crippen LogP contribution is 2.16. The fourth-order valence-corrected chi connectivity index (χ4v) is 3.19. The number of aliphatic hydroxyl groups is 1. The number of hydrogen-bond acceptors (Lipinski definition) is 2. The lowest BCUT2D eigenvalue weighted by Crippen LogP contribution is -2.15. The maximum Gasteiger partial charge on any atom is 0.0701 e. The molecule has 0 aliphatic heterocycles. The van der Waals surface area contributed by atoms with Crippen molar-refractivity contribution in [1.82, 2.24) is 0 Å². The van der Waals surface area contributed by atoms with E-state index >= 15 is 0 Å². The number of ether oxygens (including phenoxy) is 1. The highest BCUT2D eigenvalue weighted by Gasteiger charge is 2.08. The number of rotatable bonds is 19. The summed E-state index contributed by atoms with van der Waals surface area (Å²) in [6.45, 7) is 5.20.